The number of nitrogens with one attached hydrogen (secondary N) is 2. The number of carbonyl (C=O) groups excluding carboxylic acids is 1. The first kappa shape index (κ1) is 16.8. The molecule has 6 nitrogen and oxygen atoms in total. The van der Waals surface area contributed by atoms with Gasteiger partial charge in [-0.15, -0.1) is 0 Å². The van der Waals surface area contributed by atoms with Crippen molar-refractivity contribution in [2.75, 3.05) is 5.32 Å². The Balaban J connectivity index is 1.61. The number of rotatable bonds is 3. The fourth-order valence-corrected chi connectivity index (χ4v) is 3.60. The van der Waals surface area contributed by atoms with Crippen molar-refractivity contribution < 1.29 is 9.18 Å². The van der Waals surface area contributed by atoms with Crippen LogP contribution in [0.2, 0.25) is 5.02 Å². The van der Waals surface area contributed by atoms with E-state index in [9.17, 15) is 9.18 Å². The van der Waals surface area contributed by atoms with Gasteiger partial charge >= 0.3 is 0 Å². The molecule has 4 rings (SSSR count). The topological polar surface area (TPSA) is 75.6 Å². The maximum absolute atomic E-state index is 14.0. The van der Waals surface area contributed by atoms with E-state index in [0.717, 1.165) is 36.9 Å². The standard InChI is InChI=1S/C18H17ClFN5O/c1-25-17(10-5-2-3-8-13(10)24-25)21-18(26)15-9-14(22-23-15)16-11(19)6-4-7-12(16)20/h4,6-7,9H,2-3,5,8H2,1H3,(H,21,26)(H,22,23). The third kappa shape index (κ3) is 2.88. The lowest BCUT2D eigenvalue weighted by Gasteiger charge is -2.11. The van der Waals surface area contributed by atoms with Gasteiger partial charge in [-0.25, -0.2) is 4.39 Å². The largest absolute Gasteiger partial charge is 0.305 e. The van der Waals surface area contributed by atoms with Crippen LogP contribution in [0.3, 0.4) is 0 Å². The number of hydrogen-bond acceptors (Lipinski definition) is 3. The summed E-state index contributed by atoms with van der Waals surface area (Å²) in [7, 11) is 1.81. The van der Waals surface area contributed by atoms with Crippen molar-refractivity contribution in [1.29, 1.82) is 0 Å². The number of fused-ring (bicyclic) bond motifs is 1. The predicted molar refractivity (Wildman–Crippen MR) is 96.8 cm³/mol. The fourth-order valence-electron chi connectivity index (χ4n) is 3.33. The van der Waals surface area contributed by atoms with Crippen molar-refractivity contribution in [1.82, 2.24) is 20.0 Å². The number of benzene rings is 1. The molecule has 2 aromatic heterocycles. The fraction of sp³-hybridized carbons (Fsp3) is 0.278. The number of carbonyl (C=O) groups is 1. The molecule has 2 heterocycles. The molecule has 0 saturated carbocycles. The molecule has 0 radical (unpaired) electrons. The molecule has 1 amide bonds. The van der Waals surface area contributed by atoms with Crippen LogP contribution in [0.5, 0.6) is 0 Å². The van der Waals surface area contributed by atoms with Crippen LogP contribution < -0.4 is 5.32 Å². The number of nitrogens with zero attached hydrogens (tertiary/aromatic N) is 3. The van der Waals surface area contributed by atoms with Crippen LogP contribution in [0.25, 0.3) is 11.3 Å². The van der Waals surface area contributed by atoms with Crippen LogP contribution in [0.1, 0.15) is 34.6 Å². The second-order valence-corrected chi connectivity index (χ2v) is 6.73. The van der Waals surface area contributed by atoms with Crippen molar-refractivity contribution in [3.63, 3.8) is 0 Å². The first-order chi connectivity index (χ1) is 12.5. The van der Waals surface area contributed by atoms with E-state index in [1.807, 2.05) is 7.05 Å². The van der Waals surface area contributed by atoms with E-state index in [0.29, 0.717) is 11.5 Å². The summed E-state index contributed by atoms with van der Waals surface area (Å²) in [6, 6.07) is 5.91. The number of aromatic nitrogens is 4. The van der Waals surface area contributed by atoms with Crippen molar-refractivity contribution in [2.45, 2.75) is 25.7 Å². The Morgan fingerprint density at radius 1 is 1.35 bits per heavy atom. The normalized spacial score (nSPS) is 13.5. The molecule has 8 heteroatoms. The number of anilines is 1. The van der Waals surface area contributed by atoms with Gasteiger partial charge in [0.15, 0.2) is 5.69 Å². The monoisotopic (exact) mass is 373 g/mol. The van der Waals surface area contributed by atoms with E-state index in [2.05, 4.69) is 20.6 Å². The Hall–Kier alpha value is -2.67. The zero-order valence-electron chi connectivity index (χ0n) is 14.1. The molecule has 3 aromatic rings. The second kappa shape index (κ2) is 6.57. The molecule has 0 fully saturated rings. The maximum atomic E-state index is 14.0. The molecule has 0 atom stereocenters. The first-order valence-electron chi connectivity index (χ1n) is 8.40. The Morgan fingerprint density at radius 3 is 2.96 bits per heavy atom. The van der Waals surface area contributed by atoms with Crippen molar-refractivity contribution in [3.05, 3.63) is 52.1 Å². The van der Waals surface area contributed by atoms with Gasteiger partial charge in [0.1, 0.15) is 11.6 Å². The highest BCUT2D eigenvalue weighted by Crippen LogP contribution is 2.30. The van der Waals surface area contributed by atoms with Gasteiger partial charge in [0.2, 0.25) is 0 Å². The lowest BCUT2D eigenvalue weighted by atomic mass is 9.97. The van der Waals surface area contributed by atoms with Crippen molar-refractivity contribution in [3.8, 4) is 11.3 Å². The first-order valence-corrected chi connectivity index (χ1v) is 8.78. The number of amides is 1. The number of aromatic amines is 1. The van der Waals surface area contributed by atoms with Crippen LogP contribution in [0, 0.1) is 5.82 Å². The Bertz CT molecular complexity index is 973. The molecule has 1 aliphatic rings. The van der Waals surface area contributed by atoms with Gasteiger partial charge < -0.3 is 5.32 Å². The zero-order chi connectivity index (χ0) is 18.3. The van der Waals surface area contributed by atoms with Crippen molar-refractivity contribution >= 4 is 23.3 Å². The van der Waals surface area contributed by atoms with Crippen LogP contribution in [0.4, 0.5) is 10.2 Å². The highest BCUT2D eigenvalue weighted by molar-refractivity contribution is 6.33. The minimum Gasteiger partial charge on any atom is -0.305 e. The molecule has 0 saturated heterocycles. The highest BCUT2D eigenvalue weighted by Gasteiger charge is 2.22. The molecule has 0 unspecified atom stereocenters. The SMILES string of the molecule is Cn1nc2c(c1NC(=O)c1cc(-c3c(F)cccc3Cl)[nH]n1)CCCC2. The van der Waals surface area contributed by atoms with Gasteiger partial charge in [-0.1, -0.05) is 17.7 Å². The number of H-pyrrole nitrogens is 1. The van der Waals surface area contributed by atoms with Gasteiger partial charge in [0.05, 0.1) is 22.0 Å². The summed E-state index contributed by atoms with van der Waals surface area (Å²) in [6.07, 6.45) is 4.02. The summed E-state index contributed by atoms with van der Waals surface area (Å²) in [5, 5.41) is 14.3. The quantitative estimate of drug-likeness (QED) is 0.734. The minimum atomic E-state index is -0.478. The second-order valence-electron chi connectivity index (χ2n) is 6.32. The lowest BCUT2D eigenvalue weighted by Crippen LogP contribution is -2.16. The summed E-state index contributed by atoms with van der Waals surface area (Å²) >= 11 is 6.07. The van der Waals surface area contributed by atoms with Gasteiger partial charge in [-0.2, -0.15) is 10.2 Å². The van der Waals surface area contributed by atoms with E-state index < -0.39 is 5.82 Å². The molecule has 1 aromatic carbocycles. The van der Waals surface area contributed by atoms with Gasteiger partial charge in [-0.3, -0.25) is 14.6 Å². The third-order valence-corrected chi connectivity index (χ3v) is 4.91. The van der Waals surface area contributed by atoms with Crippen LogP contribution in [0.15, 0.2) is 24.3 Å². The maximum Gasteiger partial charge on any atom is 0.277 e. The van der Waals surface area contributed by atoms with E-state index in [1.165, 1.54) is 18.2 Å². The molecule has 26 heavy (non-hydrogen) atoms. The Labute approximate surface area is 154 Å². The summed E-state index contributed by atoms with van der Waals surface area (Å²) < 4.78 is 15.7. The van der Waals surface area contributed by atoms with E-state index in [1.54, 1.807) is 10.7 Å². The van der Waals surface area contributed by atoms with Crippen molar-refractivity contribution in [2.24, 2.45) is 7.05 Å². The molecule has 134 valence electrons. The van der Waals surface area contributed by atoms with Crippen LogP contribution >= 0.6 is 11.6 Å². The average Bonchev–Trinajstić information content (AvgIpc) is 3.20. The molecular weight excluding hydrogens is 357 g/mol. The highest BCUT2D eigenvalue weighted by atomic mass is 35.5. The van der Waals surface area contributed by atoms with E-state index in [-0.39, 0.29) is 22.2 Å². The number of aryl methyl sites for hydroxylation is 2. The molecular formula is C18H17ClFN5O. The van der Waals surface area contributed by atoms with E-state index in [4.69, 9.17) is 11.6 Å². The smallest absolute Gasteiger partial charge is 0.277 e. The van der Waals surface area contributed by atoms with Gasteiger partial charge in [0, 0.05) is 12.6 Å². The average molecular weight is 374 g/mol. The minimum absolute atomic E-state index is 0.157. The summed E-state index contributed by atoms with van der Waals surface area (Å²) in [4.78, 5) is 12.6. The lowest BCUT2D eigenvalue weighted by molar-refractivity contribution is 0.102. The zero-order valence-corrected chi connectivity index (χ0v) is 14.9. The Morgan fingerprint density at radius 2 is 2.15 bits per heavy atom. The van der Waals surface area contributed by atoms with Gasteiger partial charge in [-0.05, 0) is 43.9 Å². The summed E-state index contributed by atoms with van der Waals surface area (Å²) in [5.74, 6) is -0.164. The van der Waals surface area contributed by atoms with Crippen LogP contribution in [-0.2, 0) is 19.9 Å². The molecule has 0 spiro atoms. The third-order valence-electron chi connectivity index (χ3n) is 4.59. The number of halogens is 2. The van der Waals surface area contributed by atoms with Crippen LogP contribution in [-0.4, -0.2) is 25.9 Å². The summed E-state index contributed by atoms with van der Waals surface area (Å²) in [6.45, 7) is 0. The molecule has 0 aliphatic heterocycles. The molecule has 0 bridgehead atoms. The van der Waals surface area contributed by atoms with Gasteiger partial charge in [0.25, 0.3) is 5.91 Å². The molecule has 2 N–H and O–H groups in total. The van der Waals surface area contributed by atoms with E-state index >= 15 is 0 Å². The number of hydrogen-bond donors (Lipinski definition) is 2. The Kier molecular flexibility index (Phi) is 4.24. The summed E-state index contributed by atoms with van der Waals surface area (Å²) in [5.41, 5.74) is 2.82. The molecule has 1 aliphatic carbocycles. The predicted octanol–water partition coefficient (Wildman–Crippen LogP) is 3.73.